The van der Waals surface area contributed by atoms with E-state index in [4.69, 9.17) is 4.74 Å². The Morgan fingerprint density at radius 2 is 2.12 bits per heavy atom. The largest absolute Gasteiger partial charge is 0.496 e. The van der Waals surface area contributed by atoms with Gasteiger partial charge in [-0.1, -0.05) is 24.6 Å². The fourth-order valence-corrected chi connectivity index (χ4v) is 2.41. The number of ether oxygens (including phenoxy) is 1. The molecule has 0 radical (unpaired) electrons. The first-order valence-electron chi connectivity index (χ1n) is 5.96. The third-order valence-electron chi connectivity index (χ3n) is 3.34. The van der Waals surface area contributed by atoms with Crippen molar-refractivity contribution in [3.63, 3.8) is 0 Å². The van der Waals surface area contributed by atoms with Gasteiger partial charge < -0.3 is 4.74 Å². The van der Waals surface area contributed by atoms with Crippen molar-refractivity contribution < 1.29 is 9.53 Å². The molecular formula is C14H18O2. The maximum atomic E-state index is 11.8. The first-order chi connectivity index (χ1) is 7.81. The van der Waals surface area contributed by atoms with E-state index in [1.165, 1.54) is 6.42 Å². The van der Waals surface area contributed by atoms with Gasteiger partial charge in [-0.3, -0.25) is 4.79 Å². The van der Waals surface area contributed by atoms with Gasteiger partial charge >= 0.3 is 0 Å². The zero-order valence-corrected chi connectivity index (χ0v) is 9.74. The highest BCUT2D eigenvalue weighted by Crippen LogP contribution is 2.27. The number of hydrogen-bond donors (Lipinski definition) is 0. The molecule has 2 heteroatoms. The lowest BCUT2D eigenvalue weighted by Gasteiger charge is -2.21. The van der Waals surface area contributed by atoms with Gasteiger partial charge in [-0.15, -0.1) is 0 Å². The van der Waals surface area contributed by atoms with Gasteiger partial charge in [0.25, 0.3) is 0 Å². The molecule has 0 spiro atoms. The quantitative estimate of drug-likeness (QED) is 0.779. The number of para-hydroxylation sites is 1. The van der Waals surface area contributed by atoms with Crippen LogP contribution in [0.1, 0.15) is 31.2 Å². The van der Waals surface area contributed by atoms with Gasteiger partial charge in [0.15, 0.2) is 0 Å². The molecule has 1 saturated carbocycles. The molecule has 1 aliphatic rings. The lowest BCUT2D eigenvalue weighted by molar-refractivity contribution is -0.124. The second kappa shape index (κ2) is 5.15. The lowest BCUT2D eigenvalue weighted by atomic mass is 9.83. The third-order valence-corrected chi connectivity index (χ3v) is 3.34. The second-order valence-corrected chi connectivity index (χ2v) is 4.42. The van der Waals surface area contributed by atoms with Crippen LogP contribution < -0.4 is 4.74 Å². The smallest absolute Gasteiger partial charge is 0.136 e. The summed E-state index contributed by atoms with van der Waals surface area (Å²) in [6.07, 6.45) is 4.90. The van der Waals surface area contributed by atoms with Crippen molar-refractivity contribution in [3.8, 4) is 5.75 Å². The SMILES string of the molecule is COc1ccccc1C[C@@H]1CCCCC1=O. The molecule has 1 aromatic carbocycles. The molecule has 0 amide bonds. The minimum Gasteiger partial charge on any atom is -0.496 e. The lowest BCUT2D eigenvalue weighted by Crippen LogP contribution is -2.21. The molecule has 0 N–H and O–H groups in total. The zero-order valence-electron chi connectivity index (χ0n) is 9.74. The molecule has 0 saturated heterocycles. The van der Waals surface area contributed by atoms with E-state index in [9.17, 15) is 4.79 Å². The Hall–Kier alpha value is -1.31. The average Bonchev–Trinajstić information content (AvgIpc) is 2.33. The summed E-state index contributed by atoms with van der Waals surface area (Å²) in [5.74, 6) is 1.54. The van der Waals surface area contributed by atoms with Crippen LogP contribution in [0.25, 0.3) is 0 Å². The summed E-state index contributed by atoms with van der Waals surface area (Å²) in [5, 5.41) is 0. The van der Waals surface area contributed by atoms with Crippen LogP contribution in [-0.4, -0.2) is 12.9 Å². The molecule has 1 fully saturated rings. The Kier molecular flexibility index (Phi) is 3.60. The van der Waals surface area contributed by atoms with Gasteiger partial charge in [0.05, 0.1) is 7.11 Å². The van der Waals surface area contributed by atoms with Gasteiger partial charge in [0, 0.05) is 12.3 Å². The number of benzene rings is 1. The molecule has 1 atom stereocenters. The minimum absolute atomic E-state index is 0.213. The summed E-state index contributed by atoms with van der Waals surface area (Å²) in [5.41, 5.74) is 1.16. The first-order valence-corrected chi connectivity index (χ1v) is 5.96. The topological polar surface area (TPSA) is 26.3 Å². The summed E-state index contributed by atoms with van der Waals surface area (Å²) in [4.78, 5) is 11.8. The van der Waals surface area contributed by atoms with E-state index >= 15 is 0 Å². The maximum absolute atomic E-state index is 11.8. The van der Waals surface area contributed by atoms with Gasteiger partial charge in [-0.2, -0.15) is 0 Å². The summed E-state index contributed by atoms with van der Waals surface area (Å²) in [7, 11) is 1.68. The van der Waals surface area contributed by atoms with Crippen LogP contribution in [-0.2, 0) is 11.2 Å². The summed E-state index contributed by atoms with van der Waals surface area (Å²) >= 11 is 0. The summed E-state index contributed by atoms with van der Waals surface area (Å²) < 4.78 is 5.31. The number of hydrogen-bond acceptors (Lipinski definition) is 2. The predicted molar refractivity (Wildman–Crippen MR) is 63.7 cm³/mol. The highest BCUT2D eigenvalue weighted by Gasteiger charge is 2.23. The van der Waals surface area contributed by atoms with Crippen LogP contribution in [0.15, 0.2) is 24.3 Å². The van der Waals surface area contributed by atoms with Gasteiger partial charge in [0.1, 0.15) is 11.5 Å². The number of ketones is 1. The summed E-state index contributed by atoms with van der Waals surface area (Å²) in [6.45, 7) is 0. The average molecular weight is 218 g/mol. The van der Waals surface area contributed by atoms with E-state index in [1.807, 2.05) is 18.2 Å². The van der Waals surface area contributed by atoms with Crippen molar-refractivity contribution in [2.45, 2.75) is 32.1 Å². The van der Waals surface area contributed by atoms with E-state index in [0.29, 0.717) is 5.78 Å². The van der Waals surface area contributed by atoms with E-state index < -0.39 is 0 Å². The Morgan fingerprint density at radius 3 is 2.88 bits per heavy atom. The van der Waals surface area contributed by atoms with Crippen molar-refractivity contribution >= 4 is 5.78 Å². The molecule has 0 bridgehead atoms. The molecule has 0 unspecified atom stereocenters. The Balaban J connectivity index is 2.10. The Bertz CT molecular complexity index is 371. The number of rotatable bonds is 3. The number of methoxy groups -OCH3 is 1. The third kappa shape index (κ3) is 2.43. The van der Waals surface area contributed by atoms with Gasteiger partial charge in [-0.25, -0.2) is 0 Å². The van der Waals surface area contributed by atoms with Crippen LogP contribution in [0, 0.1) is 5.92 Å². The monoisotopic (exact) mass is 218 g/mol. The highest BCUT2D eigenvalue weighted by atomic mass is 16.5. The second-order valence-electron chi connectivity index (χ2n) is 4.42. The molecular weight excluding hydrogens is 200 g/mol. The maximum Gasteiger partial charge on any atom is 0.136 e. The molecule has 2 nitrogen and oxygen atoms in total. The van der Waals surface area contributed by atoms with Crippen LogP contribution >= 0.6 is 0 Å². The fraction of sp³-hybridized carbons (Fsp3) is 0.500. The van der Waals surface area contributed by atoms with E-state index in [2.05, 4.69) is 6.07 Å². The van der Waals surface area contributed by atoms with Crippen molar-refractivity contribution in [1.82, 2.24) is 0 Å². The highest BCUT2D eigenvalue weighted by molar-refractivity contribution is 5.82. The van der Waals surface area contributed by atoms with E-state index in [0.717, 1.165) is 37.0 Å². The van der Waals surface area contributed by atoms with Crippen molar-refractivity contribution in [3.05, 3.63) is 29.8 Å². The number of Topliss-reactive ketones (excluding diaryl/α,β-unsaturated/α-hetero) is 1. The molecule has 86 valence electrons. The van der Waals surface area contributed by atoms with E-state index in [1.54, 1.807) is 7.11 Å². The van der Waals surface area contributed by atoms with Gasteiger partial charge in [0.2, 0.25) is 0 Å². The van der Waals surface area contributed by atoms with Crippen LogP contribution in [0.2, 0.25) is 0 Å². The Labute approximate surface area is 96.6 Å². The van der Waals surface area contributed by atoms with E-state index in [-0.39, 0.29) is 5.92 Å². The molecule has 0 aromatic heterocycles. The van der Waals surface area contributed by atoms with Crippen molar-refractivity contribution in [1.29, 1.82) is 0 Å². The predicted octanol–water partition coefficient (Wildman–Crippen LogP) is 3.00. The first kappa shape index (κ1) is 11.2. The molecule has 1 aromatic rings. The molecule has 16 heavy (non-hydrogen) atoms. The molecule has 2 rings (SSSR count). The standard InChI is InChI=1S/C14H18O2/c1-16-14-9-5-3-7-12(14)10-11-6-2-4-8-13(11)15/h3,5,7,9,11H,2,4,6,8,10H2,1H3/t11-/m0/s1. The number of carbonyl (C=O) groups excluding carboxylic acids is 1. The van der Waals surface area contributed by atoms with Crippen LogP contribution in [0.3, 0.4) is 0 Å². The molecule has 0 heterocycles. The molecule has 0 aliphatic heterocycles. The van der Waals surface area contributed by atoms with Crippen LogP contribution in [0.5, 0.6) is 5.75 Å². The van der Waals surface area contributed by atoms with Gasteiger partial charge in [-0.05, 0) is 30.9 Å². The van der Waals surface area contributed by atoms with Crippen LogP contribution in [0.4, 0.5) is 0 Å². The van der Waals surface area contributed by atoms with Crippen molar-refractivity contribution in [2.75, 3.05) is 7.11 Å². The fourth-order valence-electron chi connectivity index (χ4n) is 2.41. The van der Waals surface area contributed by atoms with Crippen molar-refractivity contribution in [2.24, 2.45) is 5.92 Å². The normalized spacial score (nSPS) is 20.8. The molecule has 1 aliphatic carbocycles. The number of carbonyl (C=O) groups is 1. The summed E-state index contributed by atoms with van der Waals surface area (Å²) in [6, 6.07) is 7.99. The zero-order chi connectivity index (χ0) is 11.4. The minimum atomic E-state index is 0.213. The Morgan fingerprint density at radius 1 is 1.31 bits per heavy atom.